The minimum Gasteiger partial charge on any atom is -0.476 e. The van der Waals surface area contributed by atoms with Crippen molar-refractivity contribution in [3.63, 3.8) is 0 Å². The molecule has 10 heavy (non-hydrogen) atoms. The lowest BCUT2D eigenvalue weighted by atomic mass is 10.5. The molecule has 1 rings (SSSR count). The van der Waals surface area contributed by atoms with Crippen molar-refractivity contribution in [1.82, 2.24) is 9.78 Å². The zero-order valence-electron chi connectivity index (χ0n) is 4.89. The molecule has 0 amide bonds. The first-order valence-electron chi connectivity index (χ1n) is 2.48. The zero-order valence-corrected chi connectivity index (χ0v) is 4.89. The van der Waals surface area contributed by atoms with Gasteiger partial charge < -0.3 is 5.11 Å². The van der Waals surface area contributed by atoms with Gasteiger partial charge in [0, 0.05) is 6.20 Å². The average Bonchev–Trinajstić information content (AvgIpc) is 2.34. The summed E-state index contributed by atoms with van der Waals surface area (Å²) in [5.74, 6) is -1.14. The van der Waals surface area contributed by atoms with Crippen LogP contribution in [0.2, 0.25) is 0 Å². The van der Waals surface area contributed by atoms with Crippen LogP contribution in [0.25, 0.3) is 0 Å². The Balaban J connectivity index is 2.98. The van der Waals surface area contributed by atoms with Crippen molar-refractivity contribution in [3.8, 4) is 0 Å². The fourth-order valence-corrected chi connectivity index (χ4v) is 0.511. The van der Waals surface area contributed by atoms with Gasteiger partial charge in [0.05, 0.1) is 0 Å². The number of carboxylic acids is 1. The molecule has 5 nitrogen and oxygen atoms in total. The average molecular weight is 140 g/mol. The van der Waals surface area contributed by atoms with Crippen LogP contribution in [0, 0.1) is 0 Å². The molecule has 0 aliphatic heterocycles. The van der Waals surface area contributed by atoms with E-state index in [2.05, 4.69) is 5.10 Å². The third-order valence-corrected chi connectivity index (χ3v) is 0.935. The first-order valence-corrected chi connectivity index (χ1v) is 2.48. The molecule has 0 aliphatic rings. The van der Waals surface area contributed by atoms with E-state index in [-0.39, 0.29) is 5.69 Å². The van der Waals surface area contributed by atoms with Crippen molar-refractivity contribution in [3.05, 3.63) is 18.0 Å². The number of carbonyl (C=O) groups excluding carboxylic acids is 1. The topological polar surface area (TPSA) is 72.2 Å². The monoisotopic (exact) mass is 140 g/mol. The molecule has 0 aromatic carbocycles. The Morgan fingerprint density at radius 2 is 2.50 bits per heavy atom. The number of hydrogen-bond donors (Lipinski definition) is 1. The van der Waals surface area contributed by atoms with E-state index in [1.807, 2.05) is 0 Å². The summed E-state index contributed by atoms with van der Waals surface area (Å²) in [7, 11) is 0. The normalized spacial score (nSPS) is 9.20. The van der Waals surface area contributed by atoms with E-state index < -0.39 is 5.97 Å². The highest BCUT2D eigenvalue weighted by molar-refractivity contribution is 5.85. The van der Waals surface area contributed by atoms with Crippen LogP contribution in [0.3, 0.4) is 0 Å². The van der Waals surface area contributed by atoms with E-state index in [9.17, 15) is 9.59 Å². The molecule has 5 heteroatoms. The Bertz CT molecular complexity index is 266. The molecule has 1 aromatic rings. The van der Waals surface area contributed by atoms with Crippen LogP contribution in [-0.4, -0.2) is 27.3 Å². The summed E-state index contributed by atoms with van der Waals surface area (Å²) < 4.78 is 0.892. The van der Waals surface area contributed by atoms with Gasteiger partial charge in [0.1, 0.15) is 0 Å². The third-order valence-electron chi connectivity index (χ3n) is 0.935. The van der Waals surface area contributed by atoms with E-state index in [0.29, 0.717) is 6.41 Å². The van der Waals surface area contributed by atoms with Crippen molar-refractivity contribution in [2.75, 3.05) is 0 Å². The van der Waals surface area contributed by atoms with E-state index in [1.54, 1.807) is 0 Å². The SMILES string of the molecule is O=Cn1ccc(C(=O)O)n1. The Kier molecular flexibility index (Phi) is 1.49. The lowest BCUT2D eigenvalue weighted by Crippen LogP contribution is -2.00. The van der Waals surface area contributed by atoms with Gasteiger partial charge in [-0.1, -0.05) is 0 Å². The highest BCUT2D eigenvalue weighted by Gasteiger charge is 2.04. The molecule has 0 atom stereocenters. The van der Waals surface area contributed by atoms with E-state index in [0.717, 1.165) is 4.68 Å². The number of nitrogens with zero attached hydrogens (tertiary/aromatic N) is 2. The summed E-state index contributed by atoms with van der Waals surface area (Å²) >= 11 is 0. The minimum absolute atomic E-state index is 0.132. The molecule has 0 fully saturated rings. The maximum Gasteiger partial charge on any atom is 0.356 e. The van der Waals surface area contributed by atoms with Gasteiger partial charge in [-0.25, -0.2) is 9.48 Å². The van der Waals surface area contributed by atoms with Crippen LogP contribution >= 0.6 is 0 Å². The predicted octanol–water partition coefficient (Wildman–Crippen LogP) is -0.380. The van der Waals surface area contributed by atoms with Crippen molar-refractivity contribution < 1.29 is 14.7 Å². The van der Waals surface area contributed by atoms with Crippen LogP contribution in [0.4, 0.5) is 0 Å². The predicted molar refractivity (Wildman–Crippen MR) is 31.3 cm³/mol. The second kappa shape index (κ2) is 2.30. The summed E-state index contributed by atoms with van der Waals surface area (Å²) in [5, 5.41) is 11.7. The highest BCUT2D eigenvalue weighted by atomic mass is 16.4. The molecule has 0 saturated heterocycles. The summed E-state index contributed by atoms with van der Waals surface area (Å²) in [5.41, 5.74) is -0.132. The van der Waals surface area contributed by atoms with Gasteiger partial charge in [0.25, 0.3) is 0 Å². The number of aromatic nitrogens is 2. The standard InChI is InChI=1S/C5H4N2O3/c8-3-7-2-1-4(6-7)5(9)10/h1-3H,(H,9,10). The number of rotatable bonds is 2. The number of hydrogen-bond acceptors (Lipinski definition) is 3. The maximum absolute atomic E-state index is 10.1. The van der Waals surface area contributed by atoms with Crippen LogP contribution in [0.15, 0.2) is 12.3 Å². The highest BCUT2D eigenvalue weighted by Crippen LogP contribution is 1.91. The van der Waals surface area contributed by atoms with Crippen molar-refractivity contribution in [1.29, 1.82) is 0 Å². The maximum atomic E-state index is 10.1. The number of carboxylic acid groups (broad SMARTS) is 1. The van der Waals surface area contributed by atoms with Gasteiger partial charge in [-0.3, -0.25) is 4.79 Å². The van der Waals surface area contributed by atoms with Crippen molar-refractivity contribution in [2.24, 2.45) is 0 Å². The van der Waals surface area contributed by atoms with Gasteiger partial charge in [-0.15, -0.1) is 0 Å². The molecule has 0 aliphatic carbocycles. The molecule has 0 spiro atoms. The van der Waals surface area contributed by atoms with Crippen LogP contribution in [-0.2, 0) is 4.79 Å². The summed E-state index contributed by atoms with van der Waals surface area (Å²) in [6.45, 7) is 0. The molecule has 1 aromatic heterocycles. The summed E-state index contributed by atoms with van der Waals surface area (Å²) in [4.78, 5) is 20.1. The third kappa shape index (κ3) is 1.02. The molecular weight excluding hydrogens is 136 g/mol. The first kappa shape index (κ1) is 6.47. The van der Waals surface area contributed by atoms with E-state index in [4.69, 9.17) is 5.11 Å². The lowest BCUT2D eigenvalue weighted by Gasteiger charge is -1.82. The molecule has 0 saturated carbocycles. The second-order valence-electron chi connectivity index (χ2n) is 1.59. The van der Waals surface area contributed by atoms with Gasteiger partial charge in [0.2, 0.25) is 6.41 Å². The van der Waals surface area contributed by atoms with Gasteiger partial charge >= 0.3 is 5.97 Å². The fraction of sp³-hybridized carbons (Fsp3) is 0. The smallest absolute Gasteiger partial charge is 0.356 e. The van der Waals surface area contributed by atoms with Gasteiger partial charge in [0.15, 0.2) is 5.69 Å². The molecular formula is C5H4N2O3. The van der Waals surface area contributed by atoms with Crippen LogP contribution < -0.4 is 0 Å². The number of carbonyl (C=O) groups is 2. The summed E-state index contributed by atoms with van der Waals surface area (Å²) in [6, 6.07) is 1.25. The van der Waals surface area contributed by atoms with Crippen LogP contribution in [0.5, 0.6) is 0 Å². The fourth-order valence-electron chi connectivity index (χ4n) is 0.511. The quantitative estimate of drug-likeness (QED) is 0.568. The molecule has 1 N–H and O–H groups in total. The lowest BCUT2D eigenvalue weighted by molar-refractivity contribution is 0.0690. The van der Waals surface area contributed by atoms with Gasteiger partial charge in [-0.2, -0.15) is 5.10 Å². The Morgan fingerprint density at radius 3 is 2.80 bits per heavy atom. The van der Waals surface area contributed by atoms with E-state index in [1.165, 1.54) is 12.3 Å². The summed E-state index contributed by atoms with van der Waals surface area (Å²) in [6.07, 6.45) is 1.70. The van der Waals surface area contributed by atoms with Crippen molar-refractivity contribution in [2.45, 2.75) is 0 Å². The molecule has 52 valence electrons. The minimum atomic E-state index is -1.14. The Morgan fingerprint density at radius 1 is 1.80 bits per heavy atom. The van der Waals surface area contributed by atoms with Gasteiger partial charge in [-0.05, 0) is 6.07 Å². The number of aromatic carboxylic acids is 1. The molecule has 0 unspecified atom stereocenters. The van der Waals surface area contributed by atoms with Crippen molar-refractivity contribution >= 4 is 12.4 Å². The van der Waals surface area contributed by atoms with Crippen LogP contribution in [0.1, 0.15) is 10.5 Å². The molecule has 0 radical (unpaired) electrons. The zero-order chi connectivity index (χ0) is 7.56. The molecule has 0 bridgehead atoms. The Labute approximate surface area is 55.9 Å². The first-order chi connectivity index (χ1) is 4.74. The Hall–Kier alpha value is -1.65. The molecule has 1 heterocycles. The van der Waals surface area contributed by atoms with E-state index >= 15 is 0 Å². The largest absolute Gasteiger partial charge is 0.476 e. The second-order valence-corrected chi connectivity index (χ2v) is 1.59.